The molecule has 0 saturated carbocycles. The monoisotopic (exact) mass is 378 g/mol. The van der Waals surface area contributed by atoms with Gasteiger partial charge in [0.15, 0.2) is 0 Å². The molecule has 1 aliphatic rings. The first-order valence-electron chi connectivity index (χ1n) is 7.57. The highest BCUT2D eigenvalue weighted by Gasteiger charge is 2.23. The van der Waals surface area contributed by atoms with E-state index < -0.39 is 0 Å². The number of ether oxygens (including phenoxy) is 2. The van der Waals surface area contributed by atoms with Crippen molar-refractivity contribution in [3.05, 3.63) is 34.4 Å². The molecule has 0 bridgehead atoms. The van der Waals surface area contributed by atoms with Crippen LogP contribution in [0.25, 0.3) is 0 Å². The summed E-state index contributed by atoms with van der Waals surface area (Å²) in [6.45, 7) is 3.27. The zero-order chi connectivity index (χ0) is 16.2. The van der Waals surface area contributed by atoms with Crippen LogP contribution in [0.2, 0.25) is 0 Å². The first-order chi connectivity index (χ1) is 11.2. The third-order valence-electron chi connectivity index (χ3n) is 3.62. The first-order valence-corrected chi connectivity index (χ1v) is 8.37. The fraction of sp³-hybridized carbons (Fsp3) is 0.375. The number of nitrogens with zero attached hydrogens (tertiary/aromatic N) is 2. The van der Waals surface area contributed by atoms with Crippen LogP contribution in [-0.4, -0.2) is 30.2 Å². The molecule has 0 spiro atoms. The van der Waals surface area contributed by atoms with Gasteiger partial charge in [-0.25, -0.2) is 4.98 Å². The highest BCUT2D eigenvalue weighted by Crippen LogP contribution is 2.36. The molecule has 0 saturated heterocycles. The van der Waals surface area contributed by atoms with Crippen LogP contribution < -0.4 is 20.1 Å². The van der Waals surface area contributed by atoms with E-state index in [9.17, 15) is 0 Å². The summed E-state index contributed by atoms with van der Waals surface area (Å²) in [5.74, 6) is 3.05. The predicted molar refractivity (Wildman–Crippen MR) is 93.4 cm³/mol. The molecular weight excluding hydrogens is 360 g/mol. The highest BCUT2D eigenvalue weighted by molar-refractivity contribution is 9.10. The topological polar surface area (TPSA) is 68.3 Å². The van der Waals surface area contributed by atoms with Crippen molar-refractivity contribution in [3.63, 3.8) is 0 Å². The van der Waals surface area contributed by atoms with Crippen LogP contribution in [0.5, 0.6) is 11.5 Å². The van der Waals surface area contributed by atoms with E-state index >= 15 is 0 Å². The molecule has 1 aromatic carbocycles. The number of fused-ring (bicyclic) bond motifs is 1. The number of hydrogen-bond donors (Lipinski definition) is 2. The summed E-state index contributed by atoms with van der Waals surface area (Å²) in [5.41, 5.74) is 1.07. The standard InChI is InChI=1S/C16H19BrN4O2/c1-3-22-10-4-5-14-11(8-10)13(6-7-23-14)20-16-19-9-12(17)15(18-2)21-16/h4-5,8-9,13H,3,6-7H2,1-2H3,(H2,18,19,20,21). The van der Waals surface area contributed by atoms with E-state index in [4.69, 9.17) is 9.47 Å². The Morgan fingerprint density at radius 3 is 3.09 bits per heavy atom. The lowest BCUT2D eigenvalue weighted by atomic mass is 10.0. The molecule has 2 N–H and O–H groups in total. The number of halogens is 1. The van der Waals surface area contributed by atoms with Gasteiger partial charge in [0.1, 0.15) is 17.3 Å². The van der Waals surface area contributed by atoms with E-state index in [1.165, 1.54) is 0 Å². The van der Waals surface area contributed by atoms with E-state index in [2.05, 4.69) is 36.5 Å². The quantitative estimate of drug-likeness (QED) is 0.827. The van der Waals surface area contributed by atoms with Gasteiger partial charge in [-0.3, -0.25) is 0 Å². The van der Waals surface area contributed by atoms with Gasteiger partial charge >= 0.3 is 0 Å². The van der Waals surface area contributed by atoms with Crippen molar-refractivity contribution >= 4 is 27.7 Å². The minimum atomic E-state index is 0.0880. The summed E-state index contributed by atoms with van der Waals surface area (Å²) in [6.07, 6.45) is 2.58. The van der Waals surface area contributed by atoms with Crippen LogP contribution in [0.3, 0.4) is 0 Å². The van der Waals surface area contributed by atoms with Gasteiger partial charge in [0, 0.05) is 25.2 Å². The number of rotatable bonds is 5. The summed E-state index contributed by atoms with van der Waals surface area (Å²) in [5, 5.41) is 6.42. The second kappa shape index (κ2) is 7.04. The molecule has 1 atom stereocenters. The van der Waals surface area contributed by atoms with Gasteiger partial charge in [0.25, 0.3) is 0 Å². The lowest BCUT2D eigenvalue weighted by Crippen LogP contribution is -2.21. The Bertz CT molecular complexity index is 696. The van der Waals surface area contributed by atoms with E-state index in [-0.39, 0.29) is 6.04 Å². The average molecular weight is 379 g/mol. The minimum Gasteiger partial charge on any atom is -0.494 e. The molecule has 0 aliphatic carbocycles. The summed E-state index contributed by atoms with van der Waals surface area (Å²) < 4.78 is 12.2. The highest BCUT2D eigenvalue weighted by atomic mass is 79.9. The molecule has 2 heterocycles. The van der Waals surface area contributed by atoms with Crippen molar-refractivity contribution in [2.45, 2.75) is 19.4 Å². The maximum Gasteiger partial charge on any atom is 0.225 e. The number of hydrogen-bond acceptors (Lipinski definition) is 6. The lowest BCUT2D eigenvalue weighted by molar-refractivity contribution is 0.271. The maximum absolute atomic E-state index is 5.73. The van der Waals surface area contributed by atoms with Crippen molar-refractivity contribution in [2.24, 2.45) is 0 Å². The van der Waals surface area contributed by atoms with Gasteiger partial charge in [0.2, 0.25) is 5.95 Å². The van der Waals surface area contributed by atoms with Gasteiger partial charge in [0.05, 0.1) is 23.7 Å². The van der Waals surface area contributed by atoms with Gasteiger partial charge in [-0.1, -0.05) is 0 Å². The smallest absolute Gasteiger partial charge is 0.225 e. The largest absolute Gasteiger partial charge is 0.494 e. The Hall–Kier alpha value is -2.02. The molecule has 0 radical (unpaired) electrons. The van der Waals surface area contributed by atoms with Crippen LogP contribution in [-0.2, 0) is 0 Å². The molecule has 7 heteroatoms. The zero-order valence-corrected chi connectivity index (χ0v) is 14.7. The Labute approximate surface area is 143 Å². The van der Waals surface area contributed by atoms with Crippen LogP contribution >= 0.6 is 15.9 Å². The number of benzene rings is 1. The van der Waals surface area contributed by atoms with Crippen molar-refractivity contribution in [3.8, 4) is 11.5 Å². The predicted octanol–water partition coefficient (Wildman–Crippen LogP) is 3.62. The molecular formula is C16H19BrN4O2. The summed E-state index contributed by atoms with van der Waals surface area (Å²) in [4.78, 5) is 8.80. The van der Waals surface area contributed by atoms with Crippen LogP contribution in [0.4, 0.5) is 11.8 Å². The molecule has 3 rings (SSSR count). The fourth-order valence-electron chi connectivity index (χ4n) is 2.55. The number of nitrogens with one attached hydrogen (secondary N) is 2. The maximum atomic E-state index is 5.73. The molecule has 23 heavy (non-hydrogen) atoms. The molecule has 2 aromatic rings. The minimum absolute atomic E-state index is 0.0880. The third kappa shape index (κ3) is 3.50. The Balaban J connectivity index is 1.86. The van der Waals surface area contributed by atoms with Crippen molar-refractivity contribution in [1.29, 1.82) is 0 Å². The molecule has 1 aromatic heterocycles. The van der Waals surface area contributed by atoms with Crippen LogP contribution in [0.15, 0.2) is 28.9 Å². The second-order valence-corrected chi connectivity index (χ2v) is 5.96. The van der Waals surface area contributed by atoms with Crippen molar-refractivity contribution in [1.82, 2.24) is 9.97 Å². The van der Waals surface area contributed by atoms with Gasteiger partial charge in [-0.15, -0.1) is 0 Å². The van der Waals surface area contributed by atoms with E-state index in [0.717, 1.165) is 33.8 Å². The number of aromatic nitrogens is 2. The van der Waals surface area contributed by atoms with E-state index in [1.807, 2.05) is 32.2 Å². The number of anilines is 2. The van der Waals surface area contributed by atoms with Gasteiger partial charge in [-0.05, 0) is 41.1 Å². The van der Waals surface area contributed by atoms with E-state index in [0.29, 0.717) is 19.2 Å². The third-order valence-corrected chi connectivity index (χ3v) is 4.20. The molecule has 6 nitrogen and oxygen atoms in total. The Kier molecular flexibility index (Phi) is 4.85. The first kappa shape index (κ1) is 15.9. The van der Waals surface area contributed by atoms with Crippen LogP contribution in [0, 0.1) is 0 Å². The summed E-state index contributed by atoms with van der Waals surface area (Å²) in [7, 11) is 1.83. The fourth-order valence-corrected chi connectivity index (χ4v) is 2.94. The lowest BCUT2D eigenvalue weighted by Gasteiger charge is -2.27. The molecule has 122 valence electrons. The Morgan fingerprint density at radius 2 is 2.30 bits per heavy atom. The van der Waals surface area contributed by atoms with E-state index in [1.54, 1.807) is 6.20 Å². The van der Waals surface area contributed by atoms with Crippen LogP contribution in [0.1, 0.15) is 24.9 Å². The Morgan fingerprint density at radius 1 is 1.43 bits per heavy atom. The average Bonchev–Trinajstić information content (AvgIpc) is 2.57. The summed E-state index contributed by atoms with van der Waals surface area (Å²) in [6, 6.07) is 5.99. The van der Waals surface area contributed by atoms with Gasteiger partial charge < -0.3 is 20.1 Å². The molecule has 1 aliphatic heterocycles. The van der Waals surface area contributed by atoms with Crippen molar-refractivity contribution < 1.29 is 9.47 Å². The van der Waals surface area contributed by atoms with Crippen molar-refractivity contribution in [2.75, 3.05) is 30.9 Å². The molecule has 0 fully saturated rings. The van der Waals surface area contributed by atoms with Gasteiger partial charge in [-0.2, -0.15) is 4.98 Å². The summed E-state index contributed by atoms with van der Waals surface area (Å²) >= 11 is 3.42. The zero-order valence-electron chi connectivity index (χ0n) is 13.1. The molecule has 0 amide bonds. The second-order valence-electron chi connectivity index (χ2n) is 5.11. The molecule has 1 unspecified atom stereocenters. The SMILES string of the molecule is CCOc1ccc2c(c1)C(Nc1ncc(Br)c(NC)n1)CCO2. The normalized spacial score (nSPS) is 16.2.